The maximum Gasteiger partial charge on any atom is 0.254 e. The molecule has 0 spiro atoms. The van der Waals surface area contributed by atoms with E-state index in [0.717, 1.165) is 35.4 Å². The van der Waals surface area contributed by atoms with Crippen LogP contribution in [0.3, 0.4) is 0 Å². The Balaban J connectivity index is 1.54. The van der Waals surface area contributed by atoms with Gasteiger partial charge in [0.2, 0.25) is 0 Å². The van der Waals surface area contributed by atoms with E-state index < -0.39 is 0 Å². The van der Waals surface area contributed by atoms with Crippen molar-refractivity contribution in [1.29, 1.82) is 0 Å². The lowest BCUT2D eigenvalue weighted by molar-refractivity contribution is -0.0586. The van der Waals surface area contributed by atoms with Crippen molar-refractivity contribution in [2.45, 2.75) is 65.8 Å². The highest BCUT2D eigenvalue weighted by Crippen LogP contribution is 2.16. The molecule has 1 saturated heterocycles. The van der Waals surface area contributed by atoms with Gasteiger partial charge in [-0.15, -0.1) is 0 Å². The zero-order valence-corrected chi connectivity index (χ0v) is 19.8. The molecule has 3 rings (SSSR count). The zero-order chi connectivity index (χ0) is 23.1. The van der Waals surface area contributed by atoms with Crippen molar-refractivity contribution in [3.05, 3.63) is 52.4 Å². The molecule has 2 atom stereocenters. The lowest BCUT2D eigenvalue weighted by Gasteiger charge is -2.35. The average molecular weight is 442 g/mol. The summed E-state index contributed by atoms with van der Waals surface area (Å²) in [5.74, 6) is 1.66. The van der Waals surface area contributed by atoms with Gasteiger partial charge in [-0.25, -0.2) is 0 Å². The molecule has 1 fully saturated rings. The summed E-state index contributed by atoms with van der Waals surface area (Å²) in [6, 6.07) is 7.73. The number of amides is 1. The summed E-state index contributed by atoms with van der Waals surface area (Å²) in [4.78, 5) is 19.0. The highest BCUT2D eigenvalue weighted by molar-refractivity contribution is 5.94. The second-order valence-corrected chi connectivity index (χ2v) is 8.18. The number of nitrogens with zero attached hydrogens (tertiary/aromatic N) is 3. The van der Waals surface area contributed by atoms with E-state index >= 15 is 0 Å². The number of hydrogen-bond acceptors (Lipinski definition) is 5. The number of nitrogens with one attached hydrogen (secondary N) is 2. The van der Waals surface area contributed by atoms with Crippen LogP contribution in [0.15, 0.2) is 33.8 Å². The fourth-order valence-corrected chi connectivity index (χ4v) is 4.01. The van der Waals surface area contributed by atoms with Crippen molar-refractivity contribution < 1.29 is 14.1 Å². The number of morpholine rings is 1. The Morgan fingerprint density at radius 1 is 1.09 bits per heavy atom. The number of rotatable bonds is 7. The first-order valence-electron chi connectivity index (χ1n) is 11.4. The topological polar surface area (TPSA) is 92.0 Å². The first-order chi connectivity index (χ1) is 15.4. The van der Waals surface area contributed by atoms with Crippen LogP contribution >= 0.6 is 0 Å². The predicted molar refractivity (Wildman–Crippen MR) is 125 cm³/mol. The third kappa shape index (κ3) is 5.88. The third-order valence-corrected chi connectivity index (χ3v) is 5.63. The largest absolute Gasteiger partial charge is 0.372 e. The van der Waals surface area contributed by atoms with Gasteiger partial charge in [0.15, 0.2) is 5.96 Å². The summed E-state index contributed by atoms with van der Waals surface area (Å²) in [6.45, 7) is 10.6. The molecule has 1 aromatic carbocycles. The lowest BCUT2D eigenvalue weighted by atomic mass is 10.1. The molecule has 1 aliphatic rings. The second-order valence-electron chi connectivity index (χ2n) is 8.18. The molecule has 0 saturated carbocycles. The van der Waals surface area contributed by atoms with Crippen LogP contribution < -0.4 is 10.6 Å². The molecule has 2 unspecified atom stereocenters. The van der Waals surface area contributed by atoms with Crippen molar-refractivity contribution in [1.82, 2.24) is 20.7 Å². The van der Waals surface area contributed by atoms with Crippen LogP contribution in [0.2, 0.25) is 0 Å². The van der Waals surface area contributed by atoms with Crippen molar-refractivity contribution in [3.63, 3.8) is 0 Å². The molecule has 1 aliphatic heterocycles. The molecule has 0 aliphatic carbocycles. The summed E-state index contributed by atoms with van der Waals surface area (Å²) in [5.41, 5.74) is 3.85. The molecule has 0 radical (unpaired) electrons. The Hall–Kier alpha value is -2.87. The SMILES string of the molecule is CCc1noc(CC)c1CNC(=NC)NCc1ccc(C(=O)N2CC(C)OC(C)C2)cc1. The first kappa shape index (κ1) is 23.8. The van der Waals surface area contributed by atoms with E-state index in [0.29, 0.717) is 37.7 Å². The van der Waals surface area contributed by atoms with E-state index in [1.54, 1.807) is 7.05 Å². The molecule has 1 aromatic heterocycles. The Morgan fingerprint density at radius 2 is 1.75 bits per heavy atom. The fourth-order valence-electron chi connectivity index (χ4n) is 4.01. The van der Waals surface area contributed by atoms with Crippen LogP contribution in [0, 0.1) is 0 Å². The van der Waals surface area contributed by atoms with Gasteiger partial charge < -0.3 is 24.8 Å². The summed E-state index contributed by atoms with van der Waals surface area (Å²) >= 11 is 0. The number of carbonyl (C=O) groups excluding carboxylic acids is 1. The maximum absolute atomic E-state index is 12.8. The van der Waals surface area contributed by atoms with Gasteiger partial charge in [-0.2, -0.15) is 0 Å². The molecule has 174 valence electrons. The van der Waals surface area contributed by atoms with Crippen LogP contribution in [-0.2, 0) is 30.7 Å². The maximum atomic E-state index is 12.8. The normalized spacial score (nSPS) is 19.2. The molecule has 1 amide bonds. The van der Waals surface area contributed by atoms with Gasteiger partial charge in [-0.1, -0.05) is 31.1 Å². The van der Waals surface area contributed by atoms with E-state index in [-0.39, 0.29) is 18.1 Å². The minimum atomic E-state index is 0.0520. The Labute approximate surface area is 190 Å². The summed E-state index contributed by atoms with van der Waals surface area (Å²) in [6.07, 6.45) is 1.76. The smallest absolute Gasteiger partial charge is 0.254 e. The Bertz CT molecular complexity index is 891. The number of aromatic nitrogens is 1. The predicted octanol–water partition coefficient (Wildman–Crippen LogP) is 2.91. The number of aryl methyl sites for hydroxylation is 2. The number of benzene rings is 1. The van der Waals surface area contributed by atoms with Gasteiger partial charge in [-0.3, -0.25) is 9.79 Å². The van der Waals surface area contributed by atoms with Crippen molar-refractivity contribution in [2.75, 3.05) is 20.1 Å². The molecular weight excluding hydrogens is 406 g/mol. The monoisotopic (exact) mass is 441 g/mol. The Kier molecular flexibility index (Phi) is 8.27. The molecule has 2 aromatic rings. The van der Waals surface area contributed by atoms with E-state index in [9.17, 15) is 4.79 Å². The average Bonchev–Trinajstić information content (AvgIpc) is 3.20. The Morgan fingerprint density at radius 3 is 2.34 bits per heavy atom. The van der Waals surface area contributed by atoms with Crippen LogP contribution in [0.5, 0.6) is 0 Å². The van der Waals surface area contributed by atoms with Crippen LogP contribution in [0.1, 0.15) is 60.6 Å². The molecule has 8 heteroatoms. The van der Waals surface area contributed by atoms with Crippen LogP contribution in [-0.4, -0.2) is 54.3 Å². The van der Waals surface area contributed by atoms with E-state index in [1.165, 1.54) is 0 Å². The summed E-state index contributed by atoms with van der Waals surface area (Å²) < 4.78 is 11.2. The van der Waals surface area contributed by atoms with Gasteiger partial charge in [0.1, 0.15) is 5.76 Å². The number of hydrogen-bond donors (Lipinski definition) is 2. The van der Waals surface area contributed by atoms with Crippen molar-refractivity contribution >= 4 is 11.9 Å². The molecule has 0 bridgehead atoms. The van der Waals surface area contributed by atoms with Gasteiger partial charge in [0, 0.05) is 50.8 Å². The number of aliphatic imine (C=N–C) groups is 1. The minimum Gasteiger partial charge on any atom is -0.372 e. The van der Waals surface area contributed by atoms with Gasteiger partial charge in [0.05, 0.1) is 17.9 Å². The molecule has 2 N–H and O–H groups in total. The quantitative estimate of drug-likeness (QED) is 0.507. The van der Waals surface area contributed by atoms with E-state index in [4.69, 9.17) is 9.26 Å². The first-order valence-corrected chi connectivity index (χ1v) is 11.4. The standard InChI is InChI=1S/C24H35N5O3/c1-6-21-20(22(7-2)32-28-21)13-27-24(25-5)26-12-18-8-10-19(11-9-18)23(30)29-14-16(3)31-17(4)15-29/h8-11,16-17H,6-7,12-15H2,1-5H3,(H2,25,26,27). The zero-order valence-electron chi connectivity index (χ0n) is 19.8. The van der Waals surface area contributed by atoms with Gasteiger partial charge in [-0.05, 0) is 38.0 Å². The van der Waals surface area contributed by atoms with Crippen LogP contribution in [0.25, 0.3) is 0 Å². The number of carbonyl (C=O) groups is 1. The number of guanidine groups is 1. The minimum absolute atomic E-state index is 0.0520. The lowest BCUT2D eigenvalue weighted by Crippen LogP contribution is -2.48. The van der Waals surface area contributed by atoms with Crippen LogP contribution in [0.4, 0.5) is 0 Å². The summed E-state index contributed by atoms with van der Waals surface area (Å²) in [5, 5.41) is 10.8. The van der Waals surface area contributed by atoms with Gasteiger partial charge >= 0.3 is 0 Å². The molecule has 2 heterocycles. The highest BCUT2D eigenvalue weighted by atomic mass is 16.5. The molecular formula is C24H35N5O3. The second kappa shape index (κ2) is 11.1. The van der Waals surface area contributed by atoms with E-state index in [1.807, 2.05) is 43.0 Å². The van der Waals surface area contributed by atoms with Gasteiger partial charge in [0.25, 0.3) is 5.91 Å². The van der Waals surface area contributed by atoms with Crippen molar-refractivity contribution in [2.24, 2.45) is 4.99 Å². The highest BCUT2D eigenvalue weighted by Gasteiger charge is 2.26. The molecule has 32 heavy (non-hydrogen) atoms. The molecule has 8 nitrogen and oxygen atoms in total. The number of ether oxygens (including phenoxy) is 1. The summed E-state index contributed by atoms with van der Waals surface area (Å²) in [7, 11) is 1.75. The van der Waals surface area contributed by atoms with Crippen molar-refractivity contribution in [3.8, 4) is 0 Å². The third-order valence-electron chi connectivity index (χ3n) is 5.63. The fraction of sp³-hybridized carbons (Fsp3) is 0.542. The van der Waals surface area contributed by atoms with E-state index in [2.05, 4.69) is 34.6 Å².